The summed E-state index contributed by atoms with van der Waals surface area (Å²) in [5.41, 5.74) is 0. The van der Waals surface area contributed by atoms with Crippen molar-refractivity contribution in [2.75, 3.05) is 39.4 Å². The van der Waals surface area contributed by atoms with E-state index in [0.717, 1.165) is 0 Å². The van der Waals surface area contributed by atoms with E-state index >= 15 is 0 Å². The van der Waals surface area contributed by atoms with E-state index in [0.29, 0.717) is 24.7 Å². The molecule has 0 radical (unpaired) electrons. The molecule has 0 unspecified atom stereocenters. The van der Waals surface area contributed by atoms with Crippen LogP contribution in [0, 0.1) is 0 Å². The number of sulfonamides is 2. The average Bonchev–Trinajstić information content (AvgIpc) is 2.74. The predicted molar refractivity (Wildman–Crippen MR) is 101 cm³/mol. The summed E-state index contributed by atoms with van der Waals surface area (Å²) < 4.78 is 64.8. The molecule has 0 spiro atoms. The summed E-state index contributed by atoms with van der Waals surface area (Å²) in [5.74, 6) is 0.918. The van der Waals surface area contributed by atoms with Gasteiger partial charge in [-0.2, -0.15) is 8.61 Å². The normalized spacial score (nSPS) is 18.7. The van der Waals surface area contributed by atoms with Crippen LogP contribution in [0.1, 0.15) is 0 Å². The van der Waals surface area contributed by atoms with E-state index in [1.54, 1.807) is 24.3 Å². The second kappa shape index (κ2) is 7.36. The van der Waals surface area contributed by atoms with E-state index in [1.807, 2.05) is 0 Å². The van der Waals surface area contributed by atoms with Crippen molar-refractivity contribution in [1.82, 2.24) is 8.61 Å². The molecule has 4 rings (SSSR count). The molecule has 0 bridgehead atoms. The first kappa shape index (κ1) is 19.2. The first-order valence-corrected chi connectivity index (χ1v) is 11.7. The predicted octanol–water partition coefficient (Wildman–Crippen LogP) is 1.15. The molecule has 2 aromatic rings. The first-order chi connectivity index (χ1) is 13.4. The van der Waals surface area contributed by atoms with Crippen LogP contribution in [0.2, 0.25) is 0 Å². The van der Waals surface area contributed by atoms with Gasteiger partial charge in [-0.1, -0.05) is 18.2 Å². The Kier molecular flexibility index (Phi) is 5.04. The summed E-state index contributed by atoms with van der Waals surface area (Å²) >= 11 is 0. The van der Waals surface area contributed by atoms with Crippen LogP contribution in [0.5, 0.6) is 11.5 Å². The van der Waals surface area contributed by atoms with Gasteiger partial charge in [0.15, 0.2) is 11.5 Å². The Morgan fingerprint density at radius 1 is 0.643 bits per heavy atom. The van der Waals surface area contributed by atoms with Crippen molar-refractivity contribution >= 4 is 20.0 Å². The SMILES string of the molecule is O=S(=O)(c1ccccc1)N1CCN(S(=O)(=O)c2ccc3c(c2)OCCO3)CC1. The van der Waals surface area contributed by atoms with Gasteiger partial charge < -0.3 is 9.47 Å². The zero-order valence-electron chi connectivity index (χ0n) is 15.0. The van der Waals surface area contributed by atoms with Crippen LogP contribution in [0.25, 0.3) is 0 Å². The van der Waals surface area contributed by atoms with Crippen LogP contribution in [-0.4, -0.2) is 64.8 Å². The fraction of sp³-hybridized carbons (Fsp3) is 0.333. The van der Waals surface area contributed by atoms with Gasteiger partial charge in [0.1, 0.15) is 13.2 Å². The third-order valence-corrected chi connectivity index (χ3v) is 8.54. The second-order valence-electron chi connectivity index (χ2n) is 6.43. The number of hydrogen-bond donors (Lipinski definition) is 0. The third-order valence-electron chi connectivity index (χ3n) is 4.73. The quantitative estimate of drug-likeness (QED) is 0.731. The Morgan fingerprint density at radius 3 is 1.79 bits per heavy atom. The number of rotatable bonds is 4. The lowest BCUT2D eigenvalue weighted by molar-refractivity contribution is 0.171. The Morgan fingerprint density at radius 2 is 1.18 bits per heavy atom. The number of nitrogens with zero attached hydrogens (tertiary/aromatic N) is 2. The highest BCUT2D eigenvalue weighted by Crippen LogP contribution is 2.33. The van der Waals surface area contributed by atoms with Crippen LogP contribution < -0.4 is 9.47 Å². The lowest BCUT2D eigenvalue weighted by atomic mass is 10.3. The van der Waals surface area contributed by atoms with Gasteiger partial charge in [0.2, 0.25) is 20.0 Å². The summed E-state index contributed by atoms with van der Waals surface area (Å²) in [6, 6.07) is 12.7. The second-order valence-corrected chi connectivity index (χ2v) is 10.3. The molecule has 1 fully saturated rings. The molecule has 2 aliphatic heterocycles. The Hall–Kier alpha value is -2.14. The fourth-order valence-corrected chi connectivity index (χ4v) is 6.11. The molecule has 28 heavy (non-hydrogen) atoms. The highest BCUT2D eigenvalue weighted by molar-refractivity contribution is 7.89. The smallest absolute Gasteiger partial charge is 0.243 e. The number of ether oxygens (including phenoxy) is 2. The molecule has 0 saturated carbocycles. The van der Waals surface area contributed by atoms with Crippen molar-refractivity contribution in [3.63, 3.8) is 0 Å². The minimum atomic E-state index is -3.75. The molecule has 1 saturated heterocycles. The minimum absolute atomic E-state index is 0.0861. The lowest BCUT2D eigenvalue weighted by Gasteiger charge is -2.33. The maximum absolute atomic E-state index is 13.0. The highest BCUT2D eigenvalue weighted by atomic mass is 32.2. The van der Waals surface area contributed by atoms with E-state index in [2.05, 4.69) is 0 Å². The number of fused-ring (bicyclic) bond motifs is 1. The van der Waals surface area contributed by atoms with Crippen molar-refractivity contribution in [2.24, 2.45) is 0 Å². The van der Waals surface area contributed by atoms with Gasteiger partial charge in [0.05, 0.1) is 9.79 Å². The van der Waals surface area contributed by atoms with Gasteiger partial charge in [-0.25, -0.2) is 16.8 Å². The van der Waals surface area contributed by atoms with Crippen molar-refractivity contribution in [2.45, 2.75) is 9.79 Å². The maximum atomic E-state index is 13.0. The molecular weight excluding hydrogens is 404 g/mol. The third kappa shape index (κ3) is 3.48. The van der Waals surface area contributed by atoms with E-state index in [1.165, 1.54) is 32.9 Å². The molecule has 0 N–H and O–H groups in total. The average molecular weight is 425 g/mol. The molecule has 0 atom stereocenters. The van der Waals surface area contributed by atoms with Crippen molar-refractivity contribution < 1.29 is 26.3 Å². The van der Waals surface area contributed by atoms with Crippen molar-refractivity contribution in [3.8, 4) is 11.5 Å². The molecule has 0 amide bonds. The van der Waals surface area contributed by atoms with Crippen LogP contribution in [-0.2, 0) is 20.0 Å². The molecule has 0 aliphatic carbocycles. The zero-order valence-corrected chi connectivity index (χ0v) is 16.7. The standard InChI is InChI=1S/C18H20N2O6S2/c21-27(22,15-4-2-1-3-5-15)19-8-10-20(11-9-19)28(23,24)16-6-7-17-18(14-16)26-13-12-25-17/h1-7,14H,8-13H2. The molecule has 2 aromatic carbocycles. The fourth-order valence-electron chi connectivity index (χ4n) is 3.23. The van der Waals surface area contributed by atoms with Gasteiger partial charge >= 0.3 is 0 Å². The van der Waals surface area contributed by atoms with Crippen LogP contribution in [0.3, 0.4) is 0 Å². The Labute approximate surface area is 164 Å². The van der Waals surface area contributed by atoms with Gasteiger partial charge in [-0.3, -0.25) is 0 Å². The van der Waals surface area contributed by atoms with E-state index in [9.17, 15) is 16.8 Å². The molecule has 10 heteroatoms. The summed E-state index contributed by atoms with van der Waals surface area (Å²) in [5, 5.41) is 0. The van der Waals surface area contributed by atoms with E-state index in [-0.39, 0.29) is 36.0 Å². The van der Waals surface area contributed by atoms with Crippen molar-refractivity contribution in [1.29, 1.82) is 0 Å². The zero-order chi connectivity index (χ0) is 19.8. The molecule has 2 aliphatic rings. The largest absolute Gasteiger partial charge is 0.486 e. The lowest BCUT2D eigenvalue weighted by Crippen LogP contribution is -2.50. The number of hydrogen-bond acceptors (Lipinski definition) is 6. The molecule has 150 valence electrons. The summed E-state index contributed by atoms with van der Waals surface area (Å²) in [7, 11) is -7.39. The van der Waals surface area contributed by atoms with Gasteiger partial charge in [-0.05, 0) is 24.3 Å². The van der Waals surface area contributed by atoms with Gasteiger partial charge in [-0.15, -0.1) is 0 Å². The minimum Gasteiger partial charge on any atom is -0.486 e. The topological polar surface area (TPSA) is 93.2 Å². The molecule has 2 heterocycles. The monoisotopic (exact) mass is 424 g/mol. The van der Waals surface area contributed by atoms with Crippen LogP contribution >= 0.6 is 0 Å². The van der Waals surface area contributed by atoms with Crippen LogP contribution in [0.4, 0.5) is 0 Å². The summed E-state index contributed by atoms with van der Waals surface area (Å²) in [6.07, 6.45) is 0. The van der Waals surface area contributed by atoms with Crippen LogP contribution in [0.15, 0.2) is 58.3 Å². The molecule has 8 nitrogen and oxygen atoms in total. The van der Waals surface area contributed by atoms with E-state index in [4.69, 9.17) is 9.47 Å². The molecular formula is C18H20N2O6S2. The highest BCUT2D eigenvalue weighted by Gasteiger charge is 2.34. The summed E-state index contributed by atoms with van der Waals surface area (Å²) in [4.78, 5) is 0.314. The first-order valence-electron chi connectivity index (χ1n) is 8.84. The van der Waals surface area contributed by atoms with Crippen molar-refractivity contribution in [3.05, 3.63) is 48.5 Å². The Bertz CT molecular complexity index is 1060. The molecule has 0 aromatic heterocycles. The number of benzene rings is 2. The Balaban J connectivity index is 1.50. The number of piperazine rings is 1. The summed E-state index contributed by atoms with van der Waals surface area (Å²) in [6.45, 7) is 1.16. The van der Waals surface area contributed by atoms with E-state index < -0.39 is 20.0 Å². The van der Waals surface area contributed by atoms with Gasteiger partial charge in [0, 0.05) is 32.2 Å². The van der Waals surface area contributed by atoms with Gasteiger partial charge in [0.25, 0.3) is 0 Å². The maximum Gasteiger partial charge on any atom is 0.243 e.